The molecule has 2 aromatic heterocycles. The number of thioether (sulfide) groups is 1. The Hall–Kier alpha value is -4.20. The van der Waals surface area contributed by atoms with E-state index in [9.17, 15) is 9.65 Å². The lowest BCUT2D eigenvalue weighted by molar-refractivity contribution is -0.141. The summed E-state index contributed by atoms with van der Waals surface area (Å²) < 4.78 is 30.4. The van der Waals surface area contributed by atoms with Gasteiger partial charge in [-0.25, -0.2) is 19.2 Å². The van der Waals surface area contributed by atoms with Crippen molar-refractivity contribution in [2.24, 2.45) is 0 Å². The Bertz CT molecular complexity index is 1630. The van der Waals surface area contributed by atoms with Crippen molar-refractivity contribution in [3.8, 4) is 22.9 Å². The van der Waals surface area contributed by atoms with Crippen molar-refractivity contribution in [2.45, 2.75) is 36.5 Å². The van der Waals surface area contributed by atoms with Gasteiger partial charge in [0.15, 0.2) is 10.9 Å². The maximum Gasteiger partial charge on any atom is 0.236 e. The minimum atomic E-state index is -0.624. The second kappa shape index (κ2) is 12.1. The summed E-state index contributed by atoms with van der Waals surface area (Å²) >= 11 is 2.72. The number of pyridine rings is 1. The first-order valence-corrected chi connectivity index (χ1v) is 14.4. The average molecular weight is 589 g/mol. The number of anilines is 3. The van der Waals surface area contributed by atoms with Gasteiger partial charge in [-0.1, -0.05) is 23.9 Å². The monoisotopic (exact) mass is 588 g/mol. The fourth-order valence-corrected chi connectivity index (χ4v) is 5.88. The smallest absolute Gasteiger partial charge is 0.236 e. The molecule has 0 radical (unpaired) electrons. The average Bonchev–Trinajstić information content (AvgIpc) is 3.56. The number of nitrogens with two attached hydrogens (primary N) is 1. The number of aromatic nitrogens is 2. The molecule has 0 aliphatic carbocycles. The van der Waals surface area contributed by atoms with E-state index in [1.165, 1.54) is 35.2 Å². The van der Waals surface area contributed by atoms with E-state index in [2.05, 4.69) is 26.2 Å². The van der Waals surface area contributed by atoms with Gasteiger partial charge in [-0.05, 0) is 55.8 Å². The lowest BCUT2D eigenvalue weighted by atomic mass is 10.00. The fraction of sp³-hybridized carbons (Fsp3) is 0.241. The summed E-state index contributed by atoms with van der Waals surface area (Å²) in [7, 11) is 0. The van der Waals surface area contributed by atoms with E-state index >= 15 is 0 Å². The lowest BCUT2D eigenvalue weighted by Crippen LogP contribution is -2.25. The fourth-order valence-electron chi connectivity index (χ4n) is 4.16. The van der Waals surface area contributed by atoms with Crippen molar-refractivity contribution < 1.29 is 18.6 Å². The summed E-state index contributed by atoms with van der Waals surface area (Å²) in [6, 6.07) is 15.4. The van der Waals surface area contributed by atoms with Crippen molar-refractivity contribution in [1.82, 2.24) is 9.97 Å². The van der Waals surface area contributed by atoms with Gasteiger partial charge in [0.05, 0.1) is 24.4 Å². The number of hydrogen-bond donors (Lipinski definition) is 2. The number of nitrogens with one attached hydrogen (secondary N) is 1. The van der Waals surface area contributed by atoms with Crippen LogP contribution in [0.5, 0.6) is 5.75 Å². The highest BCUT2D eigenvalue weighted by Crippen LogP contribution is 2.42. The van der Waals surface area contributed by atoms with E-state index in [0.29, 0.717) is 46.0 Å². The Balaban J connectivity index is 1.32. The predicted molar refractivity (Wildman–Crippen MR) is 157 cm³/mol. The van der Waals surface area contributed by atoms with Gasteiger partial charge in [0.2, 0.25) is 5.69 Å². The summed E-state index contributed by atoms with van der Waals surface area (Å²) in [5.74, 6) is 0.163. The molecular formula is C29H25FN6O3S2. The largest absolute Gasteiger partial charge is 0.491 e. The maximum absolute atomic E-state index is 13.2. The van der Waals surface area contributed by atoms with Crippen LogP contribution in [0.2, 0.25) is 0 Å². The van der Waals surface area contributed by atoms with Gasteiger partial charge in [0.1, 0.15) is 41.2 Å². The lowest BCUT2D eigenvalue weighted by Gasteiger charge is -2.17. The molecule has 4 aromatic rings. The molecular weight excluding hydrogens is 563 g/mol. The highest BCUT2D eigenvalue weighted by molar-refractivity contribution is 7.98. The molecule has 9 nitrogen and oxygen atoms in total. The molecule has 41 heavy (non-hydrogen) atoms. The highest BCUT2D eigenvalue weighted by atomic mass is 32.2. The number of nitrogen functional groups attached to an aromatic ring is 1. The number of hydrogen-bond acceptors (Lipinski definition) is 10. The van der Waals surface area contributed by atoms with E-state index in [1.807, 2.05) is 19.2 Å². The van der Waals surface area contributed by atoms with Crippen LogP contribution in [0.15, 0.2) is 58.9 Å². The number of nitriles is 1. The molecule has 0 saturated carbocycles. The number of thiazole rings is 1. The number of rotatable bonds is 9. The number of halogens is 1. The van der Waals surface area contributed by atoms with Crippen LogP contribution in [-0.4, -0.2) is 35.1 Å². The Labute approximate surface area is 244 Å². The summed E-state index contributed by atoms with van der Waals surface area (Å²) in [5, 5.41) is 16.2. The Morgan fingerprint density at radius 2 is 2.00 bits per heavy atom. The van der Waals surface area contributed by atoms with Crippen LogP contribution in [-0.2, 0) is 15.2 Å². The molecule has 3 N–H and O–H groups in total. The van der Waals surface area contributed by atoms with Crippen LogP contribution in [0.4, 0.5) is 26.7 Å². The minimum Gasteiger partial charge on any atom is -0.491 e. The van der Waals surface area contributed by atoms with Gasteiger partial charge in [0, 0.05) is 22.4 Å². The van der Waals surface area contributed by atoms with Crippen molar-refractivity contribution in [2.75, 3.05) is 24.3 Å². The van der Waals surface area contributed by atoms with Gasteiger partial charge in [0.25, 0.3) is 0 Å². The maximum atomic E-state index is 13.2. The van der Waals surface area contributed by atoms with Gasteiger partial charge >= 0.3 is 0 Å². The number of nitrogens with zero attached hydrogens (tertiary/aromatic N) is 4. The molecule has 12 heteroatoms. The van der Waals surface area contributed by atoms with Crippen LogP contribution in [0.3, 0.4) is 0 Å². The standard InChI is InChI=1S/C29H25FN6O3S2/c1-29(2)38-14-22(39-29)13-37-21-10-4-17(5-11-21)24-23(12-31)27(36-26(32)25(24)33-3)40-15-20-16-41-28(35-20)34-19-8-6-18(30)7-9-19/h4-11,16,22H,13-15H2,1-2H3,(H2,32,36)(H,34,35)/t22-/m1/s1. The molecule has 5 rings (SSSR count). The summed E-state index contributed by atoms with van der Waals surface area (Å²) in [6.45, 7) is 12.2. The first-order valence-electron chi connectivity index (χ1n) is 12.5. The van der Waals surface area contributed by atoms with Crippen LogP contribution in [0.25, 0.3) is 16.0 Å². The number of benzene rings is 2. The first kappa shape index (κ1) is 28.3. The second-order valence-electron chi connectivity index (χ2n) is 9.48. The zero-order valence-electron chi connectivity index (χ0n) is 22.2. The van der Waals surface area contributed by atoms with Crippen LogP contribution < -0.4 is 15.8 Å². The molecule has 0 bridgehead atoms. The summed E-state index contributed by atoms with van der Waals surface area (Å²) in [5.41, 5.74) is 9.14. The molecule has 1 atom stereocenters. The Morgan fingerprint density at radius 1 is 1.24 bits per heavy atom. The Kier molecular flexibility index (Phi) is 8.38. The zero-order chi connectivity index (χ0) is 29.0. The van der Waals surface area contributed by atoms with Crippen LogP contribution in [0.1, 0.15) is 25.1 Å². The highest BCUT2D eigenvalue weighted by Gasteiger charge is 2.33. The van der Waals surface area contributed by atoms with E-state index in [4.69, 9.17) is 26.5 Å². The normalized spacial score (nSPS) is 15.7. The summed E-state index contributed by atoms with van der Waals surface area (Å²) in [4.78, 5) is 12.5. The molecule has 208 valence electrons. The molecule has 0 spiro atoms. The van der Waals surface area contributed by atoms with Crippen molar-refractivity contribution >= 4 is 45.4 Å². The molecule has 0 unspecified atom stereocenters. The minimum absolute atomic E-state index is 0.0507. The quantitative estimate of drug-likeness (QED) is 0.159. The summed E-state index contributed by atoms with van der Waals surface area (Å²) in [6.07, 6.45) is -0.171. The van der Waals surface area contributed by atoms with Crippen molar-refractivity contribution in [3.63, 3.8) is 0 Å². The van der Waals surface area contributed by atoms with Crippen molar-refractivity contribution in [3.05, 3.63) is 82.4 Å². The van der Waals surface area contributed by atoms with Gasteiger partial charge in [-0.3, -0.25) is 0 Å². The zero-order valence-corrected chi connectivity index (χ0v) is 23.8. The van der Waals surface area contributed by atoms with E-state index in [1.54, 1.807) is 36.4 Å². The molecule has 1 aliphatic rings. The van der Waals surface area contributed by atoms with E-state index in [0.717, 1.165) is 11.4 Å². The van der Waals surface area contributed by atoms with Gasteiger partial charge in [-0.2, -0.15) is 5.26 Å². The van der Waals surface area contributed by atoms with Gasteiger partial charge < -0.3 is 25.3 Å². The Morgan fingerprint density at radius 3 is 2.66 bits per heavy atom. The third-order valence-corrected chi connectivity index (χ3v) is 7.85. The van der Waals surface area contributed by atoms with Crippen LogP contribution in [0, 0.1) is 23.7 Å². The second-order valence-corrected chi connectivity index (χ2v) is 11.3. The van der Waals surface area contributed by atoms with E-state index < -0.39 is 5.79 Å². The molecule has 2 aromatic carbocycles. The van der Waals surface area contributed by atoms with Gasteiger partial charge in [-0.15, -0.1) is 11.3 Å². The molecule has 1 aliphatic heterocycles. The first-order chi connectivity index (χ1) is 19.7. The molecule has 1 saturated heterocycles. The van der Waals surface area contributed by atoms with E-state index in [-0.39, 0.29) is 29.0 Å². The number of ether oxygens (including phenoxy) is 3. The SMILES string of the molecule is [C-]#[N+]c1c(N)nc(SCc2csc(Nc3ccc(F)cc3)n2)c(C#N)c1-c1ccc(OC[C@@H]2COC(C)(C)O2)cc1. The van der Waals surface area contributed by atoms with Crippen LogP contribution >= 0.6 is 23.1 Å². The topological polar surface area (TPSA) is 120 Å². The molecule has 0 amide bonds. The molecule has 3 heterocycles. The molecule has 1 fully saturated rings. The third-order valence-electron chi connectivity index (χ3n) is 6.04. The predicted octanol–water partition coefficient (Wildman–Crippen LogP) is 6.92. The third kappa shape index (κ3) is 6.76. The van der Waals surface area contributed by atoms with Crippen molar-refractivity contribution in [1.29, 1.82) is 5.26 Å².